The average molecular weight is 348 g/mol. The third kappa shape index (κ3) is 1.82. The lowest BCUT2D eigenvalue weighted by atomic mass is 9.72. The first kappa shape index (κ1) is 14.8. The molecule has 0 radical (unpaired) electrons. The summed E-state index contributed by atoms with van der Waals surface area (Å²) in [5.74, 6) is -0.444. The fourth-order valence-corrected chi connectivity index (χ4v) is 3.83. The molecule has 1 spiro atoms. The Morgan fingerprint density at radius 2 is 1.77 bits per heavy atom. The highest BCUT2D eigenvalue weighted by atomic mass is 19.1. The molecular weight excluding hydrogens is 335 g/mol. The highest BCUT2D eigenvalue weighted by Gasteiger charge is 2.54. The number of hydrogen-bond acceptors (Lipinski definition) is 3. The Hall–Kier alpha value is -3.48. The van der Waals surface area contributed by atoms with Gasteiger partial charge in [-0.25, -0.2) is 9.07 Å². The predicted octanol–water partition coefficient (Wildman–Crippen LogP) is 2.59. The molecule has 2 aliphatic rings. The molecule has 1 atom stereocenters. The van der Waals surface area contributed by atoms with E-state index >= 15 is 0 Å². The van der Waals surface area contributed by atoms with Gasteiger partial charge in [0.2, 0.25) is 11.8 Å². The summed E-state index contributed by atoms with van der Waals surface area (Å²) in [6.45, 7) is 0. The largest absolute Gasteiger partial charge is 0.325 e. The molecule has 1 aromatic heterocycles. The first-order valence-corrected chi connectivity index (χ1v) is 8.15. The molecule has 0 saturated carbocycles. The first-order chi connectivity index (χ1) is 12.6. The van der Waals surface area contributed by atoms with E-state index in [4.69, 9.17) is 0 Å². The van der Waals surface area contributed by atoms with Crippen LogP contribution in [0.1, 0.15) is 17.5 Å². The quantitative estimate of drug-likeness (QED) is 0.710. The molecule has 7 heteroatoms. The molecule has 2 N–H and O–H groups in total. The number of carbonyl (C=O) groups excluding carboxylic acids is 2. The van der Waals surface area contributed by atoms with E-state index < -0.39 is 5.41 Å². The van der Waals surface area contributed by atoms with Gasteiger partial charge in [0.05, 0.1) is 11.9 Å². The highest BCUT2D eigenvalue weighted by molar-refractivity contribution is 6.14. The number of rotatable bonds is 1. The molecular formula is C19H13FN4O2. The second kappa shape index (κ2) is 5.01. The number of aromatic nitrogens is 2. The molecule has 5 rings (SSSR count). The Labute approximate surface area is 147 Å². The zero-order valence-electron chi connectivity index (χ0n) is 13.5. The van der Waals surface area contributed by atoms with Gasteiger partial charge in [0.25, 0.3) is 0 Å². The van der Waals surface area contributed by atoms with Crippen molar-refractivity contribution in [3.8, 4) is 5.69 Å². The normalized spacial score (nSPS) is 20.5. The lowest BCUT2D eigenvalue weighted by Gasteiger charge is -2.31. The van der Waals surface area contributed by atoms with Crippen molar-refractivity contribution in [3.63, 3.8) is 0 Å². The minimum absolute atomic E-state index is 0.0119. The Kier molecular flexibility index (Phi) is 2.86. The molecule has 128 valence electrons. The zero-order chi connectivity index (χ0) is 17.9. The molecule has 6 nitrogen and oxygen atoms in total. The van der Waals surface area contributed by atoms with Gasteiger partial charge < -0.3 is 10.6 Å². The van der Waals surface area contributed by atoms with Crippen LogP contribution in [0.15, 0.2) is 54.7 Å². The van der Waals surface area contributed by atoms with Gasteiger partial charge in [0, 0.05) is 17.7 Å². The van der Waals surface area contributed by atoms with Gasteiger partial charge in [-0.05, 0) is 35.9 Å². The van der Waals surface area contributed by atoms with E-state index in [0.29, 0.717) is 22.8 Å². The van der Waals surface area contributed by atoms with E-state index in [1.807, 2.05) is 24.3 Å². The van der Waals surface area contributed by atoms with E-state index in [0.717, 1.165) is 5.56 Å². The number of nitrogens with zero attached hydrogens (tertiary/aromatic N) is 2. The maximum atomic E-state index is 13.2. The van der Waals surface area contributed by atoms with Crippen LogP contribution in [0.4, 0.5) is 15.9 Å². The van der Waals surface area contributed by atoms with Crippen molar-refractivity contribution in [2.75, 3.05) is 10.6 Å². The summed E-state index contributed by atoms with van der Waals surface area (Å²) in [6.07, 6.45) is 1.61. The Morgan fingerprint density at radius 3 is 2.58 bits per heavy atom. The molecule has 0 saturated heterocycles. The van der Waals surface area contributed by atoms with Gasteiger partial charge in [0.1, 0.15) is 17.1 Å². The molecule has 2 aliphatic heterocycles. The van der Waals surface area contributed by atoms with E-state index in [-0.39, 0.29) is 24.1 Å². The molecule has 0 bridgehead atoms. The van der Waals surface area contributed by atoms with Crippen molar-refractivity contribution in [3.05, 3.63) is 71.7 Å². The minimum Gasteiger partial charge on any atom is -0.325 e. The fraction of sp³-hybridized carbons (Fsp3) is 0.105. The Bertz CT molecular complexity index is 1070. The van der Waals surface area contributed by atoms with E-state index in [1.54, 1.807) is 18.3 Å². The van der Waals surface area contributed by atoms with Crippen LogP contribution in [0.25, 0.3) is 5.69 Å². The minimum atomic E-state index is -1.10. The van der Waals surface area contributed by atoms with Gasteiger partial charge in [0.15, 0.2) is 0 Å². The molecule has 1 unspecified atom stereocenters. The summed E-state index contributed by atoms with van der Waals surface area (Å²) in [7, 11) is 0. The number of benzene rings is 2. The third-order valence-corrected chi connectivity index (χ3v) is 5.01. The number of anilines is 2. The topological polar surface area (TPSA) is 76.0 Å². The third-order valence-electron chi connectivity index (χ3n) is 5.01. The average Bonchev–Trinajstić information content (AvgIpc) is 3.16. The first-order valence-electron chi connectivity index (χ1n) is 8.15. The second-order valence-corrected chi connectivity index (χ2v) is 6.43. The maximum absolute atomic E-state index is 13.2. The van der Waals surface area contributed by atoms with Crippen LogP contribution in [-0.4, -0.2) is 21.6 Å². The Morgan fingerprint density at radius 1 is 1.00 bits per heavy atom. The second-order valence-electron chi connectivity index (χ2n) is 6.43. The van der Waals surface area contributed by atoms with Crippen LogP contribution in [-0.2, 0) is 15.0 Å². The van der Waals surface area contributed by atoms with Gasteiger partial charge in [-0.15, -0.1) is 0 Å². The van der Waals surface area contributed by atoms with Gasteiger partial charge in [-0.3, -0.25) is 9.59 Å². The molecule has 0 fully saturated rings. The number of halogens is 1. The fourth-order valence-electron chi connectivity index (χ4n) is 3.83. The van der Waals surface area contributed by atoms with Crippen LogP contribution in [0.5, 0.6) is 0 Å². The van der Waals surface area contributed by atoms with Crippen LogP contribution in [0.2, 0.25) is 0 Å². The summed E-state index contributed by atoms with van der Waals surface area (Å²) >= 11 is 0. The summed E-state index contributed by atoms with van der Waals surface area (Å²) in [5.41, 5.74) is 1.58. The summed E-state index contributed by atoms with van der Waals surface area (Å²) in [5, 5.41) is 10.0. The molecule has 0 aliphatic carbocycles. The van der Waals surface area contributed by atoms with Crippen LogP contribution >= 0.6 is 0 Å². The Balaban J connectivity index is 1.75. The van der Waals surface area contributed by atoms with E-state index in [1.165, 1.54) is 16.8 Å². The van der Waals surface area contributed by atoms with Crippen molar-refractivity contribution < 1.29 is 14.0 Å². The van der Waals surface area contributed by atoms with Gasteiger partial charge >= 0.3 is 0 Å². The number of hydrogen-bond donors (Lipinski definition) is 2. The number of fused-ring (bicyclic) bond motifs is 4. The van der Waals surface area contributed by atoms with Crippen LogP contribution < -0.4 is 10.6 Å². The number of nitrogens with one attached hydrogen (secondary N) is 2. The van der Waals surface area contributed by atoms with E-state index in [9.17, 15) is 14.0 Å². The molecule has 2 amide bonds. The predicted molar refractivity (Wildman–Crippen MR) is 92.6 cm³/mol. The molecule has 3 heterocycles. The number of para-hydroxylation sites is 1. The zero-order valence-corrected chi connectivity index (χ0v) is 13.5. The smallest absolute Gasteiger partial charge is 0.240 e. The van der Waals surface area contributed by atoms with Gasteiger partial charge in [-0.2, -0.15) is 5.10 Å². The van der Waals surface area contributed by atoms with Crippen LogP contribution in [0.3, 0.4) is 0 Å². The van der Waals surface area contributed by atoms with Crippen molar-refractivity contribution >= 4 is 23.3 Å². The number of carbonyl (C=O) groups is 2. The maximum Gasteiger partial charge on any atom is 0.240 e. The lowest BCUT2D eigenvalue weighted by Crippen LogP contribution is -2.43. The van der Waals surface area contributed by atoms with Crippen molar-refractivity contribution in [2.45, 2.75) is 11.8 Å². The molecule has 26 heavy (non-hydrogen) atoms. The number of amides is 2. The van der Waals surface area contributed by atoms with Gasteiger partial charge in [-0.1, -0.05) is 18.2 Å². The summed E-state index contributed by atoms with van der Waals surface area (Å²) in [4.78, 5) is 25.4. The van der Waals surface area contributed by atoms with Crippen LogP contribution in [0, 0.1) is 5.82 Å². The molecule has 2 aromatic carbocycles. The van der Waals surface area contributed by atoms with E-state index in [2.05, 4.69) is 15.7 Å². The summed E-state index contributed by atoms with van der Waals surface area (Å²) < 4.78 is 14.7. The van der Waals surface area contributed by atoms with Crippen molar-refractivity contribution in [1.29, 1.82) is 0 Å². The molecule has 3 aromatic rings. The van der Waals surface area contributed by atoms with Crippen molar-refractivity contribution in [1.82, 2.24) is 9.78 Å². The van der Waals surface area contributed by atoms with Crippen molar-refractivity contribution in [2.24, 2.45) is 0 Å². The summed E-state index contributed by atoms with van der Waals surface area (Å²) in [6, 6.07) is 13.1. The standard InChI is InChI=1S/C19H13FN4O2/c20-11-5-7-12(8-6-11)24-17-14(10-21-24)19(9-16(25)23-17)13-3-1-2-4-15(13)22-18(19)26/h1-8,10H,9H2,(H,22,26)(H,23,25). The monoisotopic (exact) mass is 348 g/mol. The SMILES string of the molecule is O=C1CC2(C(=O)Nc3ccccc32)c2cnn(-c3ccc(F)cc3)c2N1. The lowest BCUT2D eigenvalue weighted by molar-refractivity contribution is -0.125. The highest BCUT2D eigenvalue weighted by Crippen LogP contribution is 2.49.